The number of carbonyl (C=O) groups is 1. The molecule has 2 aliphatic rings. The Kier molecular flexibility index (Phi) is 4.08. The van der Waals surface area contributed by atoms with Gasteiger partial charge in [0, 0.05) is 11.6 Å². The number of nitrogens with one attached hydrogen (secondary N) is 2. The standard InChI is InChI=1S/C15H18Cl2N2O/c16-12-3-4-14(13(17)7-12)19-15(20)18-8-11-6-9-1-2-10(11)5-9/h3-4,7,9-11H,1-2,5-6,8H2,(H2,18,19,20)/t9-,10+,11-/m0/s1. The molecule has 0 saturated heterocycles. The molecule has 3 nitrogen and oxygen atoms in total. The third-order valence-electron chi connectivity index (χ3n) is 4.59. The summed E-state index contributed by atoms with van der Waals surface area (Å²) in [5.41, 5.74) is 0.585. The Balaban J connectivity index is 1.50. The van der Waals surface area contributed by atoms with Gasteiger partial charge < -0.3 is 10.6 Å². The first-order valence-corrected chi connectivity index (χ1v) is 7.87. The number of anilines is 1. The fraction of sp³-hybridized carbons (Fsp3) is 0.533. The third kappa shape index (κ3) is 3.04. The molecule has 3 atom stereocenters. The van der Waals surface area contributed by atoms with Crippen molar-refractivity contribution in [3.05, 3.63) is 28.2 Å². The molecule has 0 heterocycles. The maximum absolute atomic E-state index is 11.9. The second kappa shape index (κ2) is 5.82. The quantitative estimate of drug-likeness (QED) is 0.844. The monoisotopic (exact) mass is 312 g/mol. The van der Waals surface area contributed by atoms with Crippen molar-refractivity contribution in [1.29, 1.82) is 0 Å². The number of carbonyl (C=O) groups excluding carboxylic acids is 1. The maximum Gasteiger partial charge on any atom is 0.319 e. The molecular weight excluding hydrogens is 295 g/mol. The predicted molar refractivity (Wildman–Crippen MR) is 82.4 cm³/mol. The van der Waals surface area contributed by atoms with Gasteiger partial charge in [0.25, 0.3) is 0 Å². The summed E-state index contributed by atoms with van der Waals surface area (Å²) in [6.45, 7) is 0.762. The van der Waals surface area contributed by atoms with Crippen LogP contribution in [0.3, 0.4) is 0 Å². The zero-order valence-corrected chi connectivity index (χ0v) is 12.7. The van der Waals surface area contributed by atoms with Gasteiger partial charge in [-0.25, -0.2) is 4.79 Å². The average Bonchev–Trinajstić information content (AvgIpc) is 3.02. The highest BCUT2D eigenvalue weighted by Crippen LogP contribution is 2.47. The molecule has 0 aliphatic heterocycles. The Hall–Kier alpha value is -0.930. The van der Waals surface area contributed by atoms with E-state index in [2.05, 4.69) is 10.6 Å². The van der Waals surface area contributed by atoms with E-state index < -0.39 is 0 Å². The fourth-order valence-corrected chi connectivity index (χ4v) is 4.06. The molecule has 2 N–H and O–H groups in total. The lowest BCUT2D eigenvalue weighted by molar-refractivity contribution is 0.245. The highest BCUT2D eigenvalue weighted by atomic mass is 35.5. The number of urea groups is 1. The van der Waals surface area contributed by atoms with Gasteiger partial charge in [0.1, 0.15) is 0 Å². The van der Waals surface area contributed by atoms with Gasteiger partial charge in [0.15, 0.2) is 0 Å². The van der Waals surface area contributed by atoms with Crippen LogP contribution < -0.4 is 10.6 Å². The zero-order valence-electron chi connectivity index (χ0n) is 11.2. The Bertz CT molecular complexity index is 521. The van der Waals surface area contributed by atoms with Crippen LogP contribution in [0.1, 0.15) is 25.7 Å². The van der Waals surface area contributed by atoms with Crippen molar-refractivity contribution in [3.63, 3.8) is 0 Å². The van der Waals surface area contributed by atoms with Crippen molar-refractivity contribution >= 4 is 34.9 Å². The molecule has 2 aliphatic carbocycles. The number of amides is 2. The number of hydrogen-bond donors (Lipinski definition) is 2. The molecule has 5 heteroatoms. The van der Waals surface area contributed by atoms with Crippen LogP contribution in [0.15, 0.2) is 18.2 Å². The summed E-state index contributed by atoms with van der Waals surface area (Å²) < 4.78 is 0. The zero-order chi connectivity index (χ0) is 14.1. The Morgan fingerprint density at radius 3 is 2.75 bits per heavy atom. The number of benzene rings is 1. The summed E-state index contributed by atoms with van der Waals surface area (Å²) in [4.78, 5) is 11.9. The van der Waals surface area contributed by atoms with E-state index in [-0.39, 0.29) is 6.03 Å². The molecule has 2 saturated carbocycles. The molecule has 0 spiro atoms. The summed E-state index contributed by atoms with van der Waals surface area (Å²) >= 11 is 11.8. The van der Waals surface area contributed by atoms with Gasteiger partial charge in [-0.1, -0.05) is 29.6 Å². The van der Waals surface area contributed by atoms with Crippen molar-refractivity contribution in [2.75, 3.05) is 11.9 Å². The van der Waals surface area contributed by atoms with Crippen LogP contribution in [-0.4, -0.2) is 12.6 Å². The van der Waals surface area contributed by atoms with Gasteiger partial charge in [-0.05, 0) is 55.2 Å². The van der Waals surface area contributed by atoms with E-state index in [1.165, 1.54) is 25.7 Å². The van der Waals surface area contributed by atoms with Crippen LogP contribution in [0, 0.1) is 17.8 Å². The highest BCUT2D eigenvalue weighted by Gasteiger charge is 2.39. The van der Waals surface area contributed by atoms with Crippen LogP contribution in [0.4, 0.5) is 10.5 Å². The number of rotatable bonds is 3. The molecular formula is C15H18Cl2N2O. The van der Waals surface area contributed by atoms with Gasteiger partial charge in [0.2, 0.25) is 0 Å². The normalized spacial score (nSPS) is 27.6. The first-order valence-electron chi connectivity index (χ1n) is 7.11. The van der Waals surface area contributed by atoms with Crippen LogP contribution >= 0.6 is 23.2 Å². The van der Waals surface area contributed by atoms with Gasteiger partial charge in [-0.2, -0.15) is 0 Å². The fourth-order valence-electron chi connectivity index (χ4n) is 3.61. The summed E-state index contributed by atoms with van der Waals surface area (Å²) in [7, 11) is 0. The molecule has 2 fully saturated rings. The lowest BCUT2D eigenvalue weighted by Gasteiger charge is -2.22. The van der Waals surface area contributed by atoms with E-state index in [9.17, 15) is 4.79 Å². The van der Waals surface area contributed by atoms with E-state index in [1.54, 1.807) is 18.2 Å². The smallest absolute Gasteiger partial charge is 0.319 e. The average molecular weight is 313 g/mol. The summed E-state index contributed by atoms with van der Waals surface area (Å²) in [6.07, 6.45) is 5.35. The van der Waals surface area contributed by atoms with Crippen LogP contribution in [-0.2, 0) is 0 Å². The Morgan fingerprint density at radius 1 is 1.25 bits per heavy atom. The Morgan fingerprint density at radius 2 is 2.10 bits per heavy atom. The molecule has 3 rings (SSSR count). The summed E-state index contributed by atoms with van der Waals surface area (Å²) in [6, 6.07) is 4.84. The molecule has 108 valence electrons. The highest BCUT2D eigenvalue weighted by molar-refractivity contribution is 6.36. The summed E-state index contributed by atoms with van der Waals surface area (Å²) in [5.74, 6) is 2.38. The second-order valence-corrected chi connectivity index (χ2v) is 6.74. The van der Waals surface area contributed by atoms with E-state index in [0.29, 0.717) is 21.7 Å². The largest absolute Gasteiger partial charge is 0.338 e. The van der Waals surface area contributed by atoms with Crippen molar-refractivity contribution in [1.82, 2.24) is 5.32 Å². The number of hydrogen-bond acceptors (Lipinski definition) is 1. The van der Waals surface area contributed by atoms with Crippen molar-refractivity contribution in [2.45, 2.75) is 25.7 Å². The Labute approximate surface area is 129 Å². The van der Waals surface area contributed by atoms with Crippen LogP contribution in [0.25, 0.3) is 0 Å². The minimum Gasteiger partial charge on any atom is -0.338 e. The van der Waals surface area contributed by atoms with Crippen molar-refractivity contribution in [3.8, 4) is 0 Å². The number of fused-ring (bicyclic) bond motifs is 2. The van der Waals surface area contributed by atoms with Gasteiger partial charge in [0.05, 0.1) is 10.7 Å². The minimum absolute atomic E-state index is 0.197. The third-order valence-corrected chi connectivity index (χ3v) is 5.14. The second-order valence-electron chi connectivity index (χ2n) is 5.89. The van der Waals surface area contributed by atoms with Crippen molar-refractivity contribution < 1.29 is 4.79 Å². The lowest BCUT2D eigenvalue weighted by atomic mass is 9.89. The molecule has 0 aromatic heterocycles. The first-order chi connectivity index (χ1) is 9.61. The van der Waals surface area contributed by atoms with Crippen LogP contribution in [0.2, 0.25) is 10.0 Å². The topological polar surface area (TPSA) is 41.1 Å². The molecule has 0 radical (unpaired) electrons. The van der Waals surface area contributed by atoms with Gasteiger partial charge in [-0.15, -0.1) is 0 Å². The van der Waals surface area contributed by atoms with E-state index >= 15 is 0 Å². The summed E-state index contributed by atoms with van der Waals surface area (Å²) in [5, 5.41) is 6.73. The maximum atomic E-state index is 11.9. The number of halogens is 2. The molecule has 1 aromatic carbocycles. The molecule has 2 bridgehead atoms. The van der Waals surface area contributed by atoms with Crippen molar-refractivity contribution in [2.24, 2.45) is 17.8 Å². The molecule has 20 heavy (non-hydrogen) atoms. The molecule has 2 amide bonds. The van der Waals surface area contributed by atoms with E-state index in [4.69, 9.17) is 23.2 Å². The minimum atomic E-state index is -0.197. The molecule has 1 aromatic rings. The first kappa shape index (κ1) is 14.0. The van der Waals surface area contributed by atoms with E-state index in [1.807, 2.05) is 0 Å². The van der Waals surface area contributed by atoms with Gasteiger partial charge >= 0.3 is 6.03 Å². The predicted octanol–water partition coefficient (Wildman–Crippen LogP) is 4.55. The van der Waals surface area contributed by atoms with Gasteiger partial charge in [-0.3, -0.25) is 0 Å². The van der Waals surface area contributed by atoms with Crippen LogP contribution in [0.5, 0.6) is 0 Å². The lowest BCUT2D eigenvalue weighted by Crippen LogP contribution is -2.34. The molecule has 0 unspecified atom stereocenters. The van der Waals surface area contributed by atoms with E-state index in [0.717, 1.165) is 18.4 Å². The SMILES string of the molecule is O=C(NC[C@@H]1C[C@H]2CC[C@@H]1C2)Nc1ccc(Cl)cc1Cl.